The zero-order valence-corrected chi connectivity index (χ0v) is 19.4. The van der Waals surface area contributed by atoms with Crippen LogP contribution in [-0.2, 0) is 6.67 Å². The Morgan fingerprint density at radius 2 is 1.36 bits per heavy atom. The van der Waals surface area contributed by atoms with Crippen LogP contribution in [-0.4, -0.2) is 79.1 Å². The van der Waals surface area contributed by atoms with Crippen LogP contribution < -0.4 is 0 Å². The average Bonchev–Trinajstić information content (AvgIpc) is 3.23. The van der Waals surface area contributed by atoms with E-state index in [9.17, 15) is 19.8 Å². The lowest BCUT2D eigenvalue weighted by molar-refractivity contribution is 0.0820. The molecule has 2 N–H and O–H groups in total. The Labute approximate surface area is 190 Å². The van der Waals surface area contributed by atoms with E-state index in [4.69, 9.17) is 0 Å². The van der Waals surface area contributed by atoms with Crippen molar-refractivity contribution in [2.24, 2.45) is 0 Å². The highest BCUT2D eigenvalue weighted by Crippen LogP contribution is 2.31. The van der Waals surface area contributed by atoms with Gasteiger partial charge in [0.15, 0.2) is 0 Å². The molecule has 4 aromatic rings. The van der Waals surface area contributed by atoms with Gasteiger partial charge in [0.1, 0.15) is 40.8 Å². The first-order valence-electron chi connectivity index (χ1n) is 10.3. The molecule has 0 saturated heterocycles. The fourth-order valence-electron chi connectivity index (χ4n) is 3.94. The predicted octanol–water partition coefficient (Wildman–Crippen LogP) is 2.32. The number of hydrogen-bond acceptors (Lipinski definition) is 6. The highest BCUT2D eigenvalue weighted by Gasteiger charge is 2.20. The lowest BCUT2D eigenvalue weighted by atomic mass is 10.1. The number of amides is 2. The molecule has 0 aliphatic rings. The minimum atomic E-state index is -0.238. The number of hydrogen-bond donors (Lipinski definition) is 2. The Bertz CT molecular complexity index is 1430. The van der Waals surface area contributed by atoms with Gasteiger partial charge in [0.05, 0.1) is 11.0 Å². The van der Waals surface area contributed by atoms with Crippen LogP contribution in [0.1, 0.15) is 32.4 Å². The van der Waals surface area contributed by atoms with Crippen molar-refractivity contribution in [2.45, 2.75) is 20.5 Å². The Morgan fingerprint density at radius 1 is 0.818 bits per heavy atom. The van der Waals surface area contributed by atoms with Gasteiger partial charge < -0.3 is 29.1 Å². The Morgan fingerprint density at radius 3 is 1.97 bits per heavy atom. The molecule has 10 nitrogen and oxygen atoms in total. The fraction of sp³-hybridized carbons (Fsp3) is 0.304. The summed E-state index contributed by atoms with van der Waals surface area (Å²) in [6, 6.07) is 6.19. The lowest BCUT2D eigenvalue weighted by Gasteiger charge is -2.14. The molecule has 2 heterocycles. The van der Waals surface area contributed by atoms with Crippen molar-refractivity contribution in [1.29, 1.82) is 0 Å². The van der Waals surface area contributed by atoms with Gasteiger partial charge in [-0.15, -0.1) is 0 Å². The summed E-state index contributed by atoms with van der Waals surface area (Å²) >= 11 is 0. The highest BCUT2D eigenvalue weighted by molar-refractivity contribution is 6.00. The van der Waals surface area contributed by atoms with Crippen molar-refractivity contribution in [3.8, 4) is 11.5 Å². The summed E-state index contributed by atoms with van der Waals surface area (Å²) in [6.07, 6.45) is 0. The minimum Gasteiger partial charge on any atom is -0.506 e. The molecule has 2 aromatic heterocycles. The summed E-state index contributed by atoms with van der Waals surface area (Å²) in [4.78, 5) is 36.7. The number of aromatic hydroxyl groups is 2. The summed E-state index contributed by atoms with van der Waals surface area (Å²) in [5, 5.41) is 21.3. The number of fused-ring (bicyclic) bond motifs is 2. The number of benzene rings is 2. The summed E-state index contributed by atoms with van der Waals surface area (Å²) in [5.74, 6) is 0.630. The van der Waals surface area contributed by atoms with Crippen molar-refractivity contribution in [3.05, 3.63) is 47.0 Å². The number of aromatic nitrogens is 4. The smallest absolute Gasteiger partial charge is 0.253 e. The molecule has 0 atom stereocenters. The van der Waals surface area contributed by atoms with E-state index < -0.39 is 0 Å². The Hall–Kier alpha value is -4.08. The Kier molecular flexibility index (Phi) is 5.23. The molecule has 0 unspecified atom stereocenters. The third kappa shape index (κ3) is 3.63. The molecule has 4 rings (SSSR count). The monoisotopic (exact) mass is 450 g/mol. The molecular weight excluding hydrogens is 424 g/mol. The molecule has 172 valence electrons. The van der Waals surface area contributed by atoms with E-state index >= 15 is 0 Å². The van der Waals surface area contributed by atoms with Gasteiger partial charge in [0.2, 0.25) is 0 Å². The molecule has 0 bridgehead atoms. The van der Waals surface area contributed by atoms with Crippen LogP contribution in [0.15, 0.2) is 24.3 Å². The summed E-state index contributed by atoms with van der Waals surface area (Å²) in [7, 11) is 6.58. The van der Waals surface area contributed by atoms with Crippen LogP contribution in [0.3, 0.4) is 0 Å². The van der Waals surface area contributed by atoms with Gasteiger partial charge in [-0.25, -0.2) is 9.97 Å². The number of nitrogens with zero attached hydrogens (tertiary/aromatic N) is 6. The van der Waals surface area contributed by atoms with E-state index in [-0.39, 0.29) is 30.0 Å². The third-order valence-electron chi connectivity index (χ3n) is 5.63. The van der Waals surface area contributed by atoms with E-state index in [0.717, 1.165) is 0 Å². The molecule has 0 aliphatic carbocycles. The number of imidazole rings is 2. The first-order valence-corrected chi connectivity index (χ1v) is 10.3. The van der Waals surface area contributed by atoms with E-state index in [0.29, 0.717) is 44.8 Å². The number of carbonyl (C=O) groups excluding carboxylic acids is 2. The van der Waals surface area contributed by atoms with Crippen molar-refractivity contribution in [1.82, 2.24) is 28.9 Å². The SMILES string of the molecule is Cc1nc2c(O)cc(C(=O)N(C)C)cc2n1Cn1c(C)nc2cc(C(=O)N(C)C)cc(O)c21. The molecule has 2 aromatic carbocycles. The second-order valence-corrected chi connectivity index (χ2v) is 8.44. The van der Waals surface area contributed by atoms with Gasteiger partial charge in [0, 0.05) is 39.3 Å². The summed E-state index contributed by atoms with van der Waals surface area (Å²) in [5.41, 5.74) is 2.62. The summed E-state index contributed by atoms with van der Waals surface area (Å²) < 4.78 is 3.65. The Balaban J connectivity index is 1.87. The molecule has 0 fully saturated rings. The topological polar surface area (TPSA) is 117 Å². The van der Waals surface area contributed by atoms with Crippen LogP contribution in [0.25, 0.3) is 22.1 Å². The zero-order chi connectivity index (χ0) is 24.2. The predicted molar refractivity (Wildman–Crippen MR) is 124 cm³/mol. The summed E-state index contributed by atoms with van der Waals surface area (Å²) in [6.45, 7) is 3.84. The van der Waals surface area contributed by atoms with Crippen LogP contribution in [0.4, 0.5) is 0 Å². The van der Waals surface area contributed by atoms with Crippen molar-refractivity contribution in [2.75, 3.05) is 28.2 Å². The number of rotatable bonds is 4. The van der Waals surface area contributed by atoms with Gasteiger partial charge in [-0.3, -0.25) is 9.59 Å². The molecule has 2 amide bonds. The second-order valence-electron chi connectivity index (χ2n) is 8.44. The average molecular weight is 450 g/mol. The molecule has 0 radical (unpaired) electrons. The van der Waals surface area contributed by atoms with E-state index in [1.165, 1.54) is 21.9 Å². The maximum absolute atomic E-state index is 12.5. The van der Waals surface area contributed by atoms with Gasteiger partial charge in [-0.1, -0.05) is 0 Å². The van der Waals surface area contributed by atoms with Crippen molar-refractivity contribution < 1.29 is 19.8 Å². The maximum atomic E-state index is 12.5. The largest absolute Gasteiger partial charge is 0.506 e. The third-order valence-corrected chi connectivity index (χ3v) is 5.63. The highest BCUT2D eigenvalue weighted by atomic mass is 16.3. The van der Waals surface area contributed by atoms with Crippen LogP contribution in [0.5, 0.6) is 11.5 Å². The van der Waals surface area contributed by atoms with Gasteiger partial charge in [0.25, 0.3) is 11.8 Å². The lowest BCUT2D eigenvalue weighted by Crippen LogP contribution is -2.21. The van der Waals surface area contributed by atoms with Crippen molar-refractivity contribution in [3.63, 3.8) is 0 Å². The maximum Gasteiger partial charge on any atom is 0.253 e. The van der Waals surface area contributed by atoms with E-state index in [2.05, 4.69) is 9.97 Å². The van der Waals surface area contributed by atoms with Crippen LogP contribution >= 0.6 is 0 Å². The molecule has 0 saturated carbocycles. The van der Waals surface area contributed by atoms with E-state index in [1.807, 2.05) is 4.57 Å². The standard InChI is InChI=1S/C23H26N6O4/c1-12-24-16-7-14(22(32)26(3)4)10-19(31)21(16)29(12)11-28-13(2)25-20-17(28)8-15(9-18(20)30)23(33)27(5)6/h7-10,30-31H,11H2,1-6H3. The molecule has 10 heteroatoms. The molecule has 0 spiro atoms. The number of carbonyl (C=O) groups is 2. The van der Waals surface area contributed by atoms with Crippen LogP contribution in [0.2, 0.25) is 0 Å². The van der Waals surface area contributed by atoms with Crippen LogP contribution in [0, 0.1) is 13.8 Å². The number of phenols is 2. The molecule has 33 heavy (non-hydrogen) atoms. The van der Waals surface area contributed by atoms with Gasteiger partial charge in [-0.2, -0.15) is 0 Å². The van der Waals surface area contributed by atoms with Gasteiger partial charge in [-0.05, 0) is 38.1 Å². The van der Waals surface area contributed by atoms with E-state index in [1.54, 1.807) is 58.7 Å². The first kappa shape index (κ1) is 22.1. The normalized spacial score (nSPS) is 11.3. The van der Waals surface area contributed by atoms with Gasteiger partial charge >= 0.3 is 0 Å². The number of phenolic OH excluding ortho intramolecular Hbond substituents is 2. The first-order chi connectivity index (χ1) is 15.5. The zero-order valence-electron chi connectivity index (χ0n) is 19.4. The molecule has 0 aliphatic heterocycles. The van der Waals surface area contributed by atoms with Crippen molar-refractivity contribution >= 4 is 33.9 Å². The minimum absolute atomic E-state index is 0.0632. The molecular formula is C23H26N6O4. The second kappa shape index (κ2) is 7.80. The quantitative estimate of drug-likeness (QED) is 0.493. The number of aryl methyl sites for hydroxylation is 2. The fourth-order valence-corrected chi connectivity index (χ4v) is 3.94.